The van der Waals surface area contributed by atoms with Gasteiger partial charge in [-0.2, -0.15) is 5.26 Å². The molecule has 1 fully saturated rings. The van der Waals surface area contributed by atoms with Crippen molar-refractivity contribution >= 4 is 17.3 Å². The molecule has 0 spiro atoms. The van der Waals surface area contributed by atoms with Gasteiger partial charge in [0.2, 0.25) is 0 Å². The Balaban J connectivity index is 2.29. The van der Waals surface area contributed by atoms with Crippen LogP contribution < -0.4 is 4.90 Å². The molecular formula is C13H15ClN2. The second-order valence-corrected chi connectivity index (χ2v) is 4.56. The summed E-state index contributed by atoms with van der Waals surface area (Å²) in [6, 6.07) is 8.75. The summed E-state index contributed by atoms with van der Waals surface area (Å²) >= 11 is 5.77. The number of hydrogen-bond acceptors (Lipinski definition) is 2. The Kier molecular flexibility index (Phi) is 3.36. The molecule has 0 amide bonds. The van der Waals surface area contributed by atoms with Gasteiger partial charge in [0, 0.05) is 19.0 Å². The van der Waals surface area contributed by atoms with Gasteiger partial charge in [-0.3, -0.25) is 0 Å². The average molecular weight is 235 g/mol. The predicted octanol–water partition coefficient (Wildman–Crippen LogP) is 3.29. The van der Waals surface area contributed by atoms with Gasteiger partial charge in [0.15, 0.2) is 0 Å². The zero-order chi connectivity index (χ0) is 11.5. The first-order valence-electron chi connectivity index (χ1n) is 5.58. The molecule has 0 radical (unpaired) electrons. The molecule has 0 saturated heterocycles. The highest BCUT2D eigenvalue weighted by molar-refractivity contribution is 6.17. The molecule has 3 heteroatoms. The molecule has 84 valence electrons. The third kappa shape index (κ3) is 2.01. The van der Waals surface area contributed by atoms with Gasteiger partial charge in [0.05, 0.1) is 11.3 Å². The number of hydrogen-bond donors (Lipinski definition) is 0. The fraction of sp³-hybridized carbons (Fsp3) is 0.462. The van der Waals surface area contributed by atoms with Crippen LogP contribution in [0.2, 0.25) is 0 Å². The fourth-order valence-corrected chi connectivity index (χ4v) is 2.20. The zero-order valence-electron chi connectivity index (χ0n) is 9.41. The molecule has 0 N–H and O–H groups in total. The Morgan fingerprint density at radius 3 is 2.75 bits per heavy atom. The third-order valence-corrected chi connectivity index (χ3v) is 3.65. The summed E-state index contributed by atoms with van der Waals surface area (Å²) in [4.78, 5) is 2.22. The van der Waals surface area contributed by atoms with Crippen LogP contribution >= 0.6 is 11.6 Å². The number of halogens is 1. The monoisotopic (exact) mass is 234 g/mol. The molecule has 0 heterocycles. The van der Waals surface area contributed by atoms with E-state index in [9.17, 15) is 0 Å². The van der Waals surface area contributed by atoms with E-state index in [1.165, 1.54) is 19.3 Å². The number of nitrogens with zero attached hydrogens (tertiary/aromatic N) is 2. The van der Waals surface area contributed by atoms with Crippen LogP contribution in [0.5, 0.6) is 0 Å². The molecule has 2 rings (SSSR count). The van der Waals surface area contributed by atoms with Gasteiger partial charge >= 0.3 is 0 Å². The maximum absolute atomic E-state index is 9.14. The molecule has 0 atom stereocenters. The smallest absolute Gasteiger partial charge is 0.101 e. The van der Waals surface area contributed by atoms with Crippen LogP contribution in [0.3, 0.4) is 0 Å². The Morgan fingerprint density at radius 2 is 2.25 bits per heavy atom. The van der Waals surface area contributed by atoms with E-state index >= 15 is 0 Å². The van der Waals surface area contributed by atoms with E-state index < -0.39 is 0 Å². The van der Waals surface area contributed by atoms with E-state index in [-0.39, 0.29) is 0 Å². The van der Waals surface area contributed by atoms with Crippen molar-refractivity contribution in [3.63, 3.8) is 0 Å². The maximum Gasteiger partial charge on any atom is 0.101 e. The van der Waals surface area contributed by atoms with Crippen LogP contribution in [0.25, 0.3) is 0 Å². The van der Waals surface area contributed by atoms with Crippen molar-refractivity contribution in [2.75, 3.05) is 11.9 Å². The molecule has 1 aliphatic rings. The van der Waals surface area contributed by atoms with Crippen LogP contribution in [0, 0.1) is 11.3 Å². The molecule has 0 bridgehead atoms. The molecule has 16 heavy (non-hydrogen) atoms. The Morgan fingerprint density at radius 1 is 1.50 bits per heavy atom. The maximum atomic E-state index is 9.14. The SMILES string of the molecule is CN(c1ccc(CCl)cc1C#N)C1CCC1. The summed E-state index contributed by atoms with van der Waals surface area (Å²) in [6.07, 6.45) is 3.77. The minimum atomic E-state index is 0.460. The first kappa shape index (κ1) is 11.3. The Bertz CT molecular complexity index is 418. The van der Waals surface area contributed by atoms with Gasteiger partial charge in [-0.1, -0.05) is 6.07 Å². The highest BCUT2D eigenvalue weighted by atomic mass is 35.5. The van der Waals surface area contributed by atoms with Crippen molar-refractivity contribution in [1.82, 2.24) is 0 Å². The summed E-state index contributed by atoms with van der Waals surface area (Å²) in [7, 11) is 2.07. The van der Waals surface area contributed by atoms with Gasteiger partial charge in [-0.05, 0) is 37.0 Å². The lowest BCUT2D eigenvalue weighted by Gasteiger charge is -2.36. The molecule has 1 aliphatic carbocycles. The van der Waals surface area contributed by atoms with E-state index in [1.807, 2.05) is 18.2 Å². The number of anilines is 1. The van der Waals surface area contributed by atoms with Gasteiger partial charge < -0.3 is 4.90 Å². The third-order valence-electron chi connectivity index (χ3n) is 3.34. The van der Waals surface area contributed by atoms with E-state index in [2.05, 4.69) is 18.0 Å². The van der Waals surface area contributed by atoms with E-state index in [4.69, 9.17) is 16.9 Å². The molecule has 2 nitrogen and oxygen atoms in total. The van der Waals surface area contributed by atoms with Crippen LogP contribution in [-0.2, 0) is 5.88 Å². The van der Waals surface area contributed by atoms with E-state index in [0.717, 1.165) is 16.8 Å². The topological polar surface area (TPSA) is 27.0 Å². The second-order valence-electron chi connectivity index (χ2n) is 4.29. The van der Waals surface area contributed by atoms with Crippen LogP contribution in [0.4, 0.5) is 5.69 Å². The van der Waals surface area contributed by atoms with Crippen molar-refractivity contribution in [1.29, 1.82) is 5.26 Å². The summed E-state index contributed by atoms with van der Waals surface area (Å²) in [6.45, 7) is 0. The first-order valence-corrected chi connectivity index (χ1v) is 6.11. The van der Waals surface area contributed by atoms with Gasteiger partial charge in [-0.25, -0.2) is 0 Å². The van der Waals surface area contributed by atoms with Crippen molar-refractivity contribution in [2.45, 2.75) is 31.2 Å². The number of rotatable bonds is 3. The van der Waals surface area contributed by atoms with Gasteiger partial charge in [0.25, 0.3) is 0 Å². The van der Waals surface area contributed by atoms with E-state index in [1.54, 1.807) is 0 Å². The quantitative estimate of drug-likeness (QED) is 0.751. The Hall–Kier alpha value is -1.20. The van der Waals surface area contributed by atoms with Crippen molar-refractivity contribution in [3.8, 4) is 6.07 Å². The molecule has 1 saturated carbocycles. The molecule has 0 aromatic heterocycles. The van der Waals surface area contributed by atoms with Crippen molar-refractivity contribution in [3.05, 3.63) is 29.3 Å². The number of nitriles is 1. The normalized spacial score (nSPS) is 15.3. The lowest BCUT2D eigenvalue weighted by atomic mass is 9.91. The minimum absolute atomic E-state index is 0.460. The van der Waals surface area contributed by atoms with Crippen LogP contribution in [0.15, 0.2) is 18.2 Å². The Labute approximate surface area is 101 Å². The average Bonchev–Trinajstić information content (AvgIpc) is 2.25. The summed E-state index contributed by atoms with van der Waals surface area (Å²) < 4.78 is 0. The first-order chi connectivity index (χ1) is 7.76. The van der Waals surface area contributed by atoms with Crippen molar-refractivity contribution < 1.29 is 0 Å². The lowest BCUT2D eigenvalue weighted by molar-refractivity contribution is 0.401. The number of alkyl halides is 1. The van der Waals surface area contributed by atoms with E-state index in [0.29, 0.717) is 11.9 Å². The standard InChI is InChI=1S/C13H15ClN2/c1-16(12-3-2-4-12)13-6-5-10(8-14)7-11(13)9-15/h5-7,12H,2-4,8H2,1H3. The fourth-order valence-electron chi connectivity index (χ4n) is 2.03. The highest BCUT2D eigenvalue weighted by Crippen LogP contribution is 2.30. The van der Waals surface area contributed by atoms with Crippen molar-refractivity contribution in [2.24, 2.45) is 0 Å². The minimum Gasteiger partial charge on any atom is -0.371 e. The largest absolute Gasteiger partial charge is 0.371 e. The summed E-state index contributed by atoms with van der Waals surface area (Å²) in [5, 5.41) is 9.14. The predicted molar refractivity (Wildman–Crippen MR) is 66.8 cm³/mol. The lowest BCUT2D eigenvalue weighted by Crippen LogP contribution is -2.37. The second kappa shape index (κ2) is 4.76. The zero-order valence-corrected chi connectivity index (χ0v) is 10.2. The van der Waals surface area contributed by atoms with Gasteiger partial charge in [0.1, 0.15) is 6.07 Å². The number of benzene rings is 1. The molecule has 0 aliphatic heterocycles. The molecule has 1 aromatic rings. The molecule has 0 unspecified atom stereocenters. The summed E-state index contributed by atoms with van der Waals surface area (Å²) in [5.41, 5.74) is 2.76. The summed E-state index contributed by atoms with van der Waals surface area (Å²) in [5.74, 6) is 0.460. The molecular weight excluding hydrogens is 220 g/mol. The van der Waals surface area contributed by atoms with Crippen LogP contribution in [-0.4, -0.2) is 13.1 Å². The molecule has 1 aromatic carbocycles. The highest BCUT2D eigenvalue weighted by Gasteiger charge is 2.23. The van der Waals surface area contributed by atoms with Crippen LogP contribution in [0.1, 0.15) is 30.4 Å². The van der Waals surface area contributed by atoms with Gasteiger partial charge in [-0.15, -0.1) is 11.6 Å².